The van der Waals surface area contributed by atoms with Crippen molar-refractivity contribution in [2.24, 2.45) is 0 Å². The zero-order chi connectivity index (χ0) is 11.3. The first-order valence-electron chi connectivity index (χ1n) is 4.37. The highest BCUT2D eigenvalue weighted by Crippen LogP contribution is 2.18. The standard InChI is InChI=1S/C11H11ClO3/c1-3-14-11(13)8(2)15-10-6-4-5-9(12)7-10/h3-8H,1H2,2H3. The van der Waals surface area contributed by atoms with Crippen LogP contribution in [0.5, 0.6) is 5.75 Å². The van der Waals surface area contributed by atoms with Gasteiger partial charge in [0.05, 0.1) is 6.26 Å². The highest BCUT2D eigenvalue weighted by molar-refractivity contribution is 6.30. The van der Waals surface area contributed by atoms with E-state index in [-0.39, 0.29) is 0 Å². The first-order chi connectivity index (χ1) is 7.13. The van der Waals surface area contributed by atoms with Crippen molar-refractivity contribution in [1.82, 2.24) is 0 Å². The maximum Gasteiger partial charge on any atom is 0.351 e. The number of hydrogen-bond acceptors (Lipinski definition) is 3. The molecule has 4 heteroatoms. The van der Waals surface area contributed by atoms with E-state index in [1.165, 1.54) is 0 Å². The molecule has 1 aromatic rings. The van der Waals surface area contributed by atoms with Gasteiger partial charge in [-0.25, -0.2) is 4.79 Å². The number of halogens is 1. The average molecular weight is 227 g/mol. The molecular formula is C11H11ClO3. The van der Waals surface area contributed by atoms with Crippen molar-refractivity contribution in [1.29, 1.82) is 0 Å². The minimum absolute atomic E-state index is 0.495. The molecule has 0 N–H and O–H groups in total. The maximum atomic E-state index is 11.2. The summed E-state index contributed by atoms with van der Waals surface area (Å²) in [7, 11) is 0. The predicted octanol–water partition coefficient (Wildman–Crippen LogP) is 2.79. The summed E-state index contributed by atoms with van der Waals surface area (Å²) in [6, 6.07) is 6.80. The number of carbonyl (C=O) groups excluding carboxylic acids is 1. The summed E-state index contributed by atoms with van der Waals surface area (Å²) < 4.78 is 9.88. The number of rotatable bonds is 4. The highest BCUT2D eigenvalue weighted by atomic mass is 35.5. The van der Waals surface area contributed by atoms with Crippen molar-refractivity contribution in [3.8, 4) is 5.75 Å². The fourth-order valence-electron chi connectivity index (χ4n) is 0.970. The van der Waals surface area contributed by atoms with E-state index in [0.29, 0.717) is 10.8 Å². The molecule has 0 fully saturated rings. The van der Waals surface area contributed by atoms with Crippen LogP contribution in [0.25, 0.3) is 0 Å². The number of carbonyl (C=O) groups is 1. The van der Waals surface area contributed by atoms with Gasteiger partial charge in [-0.1, -0.05) is 24.2 Å². The van der Waals surface area contributed by atoms with E-state index in [1.54, 1.807) is 31.2 Å². The maximum absolute atomic E-state index is 11.2. The third-order valence-corrected chi connectivity index (χ3v) is 1.88. The summed E-state index contributed by atoms with van der Waals surface area (Å²) in [5.41, 5.74) is 0. The SMILES string of the molecule is C=COC(=O)C(C)Oc1cccc(Cl)c1. The molecule has 1 unspecified atom stereocenters. The molecule has 0 aromatic heterocycles. The van der Waals surface area contributed by atoms with Crippen LogP contribution in [0.2, 0.25) is 5.02 Å². The van der Waals surface area contributed by atoms with E-state index >= 15 is 0 Å². The Bertz CT molecular complexity index is 363. The van der Waals surface area contributed by atoms with Crippen molar-refractivity contribution in [3.05, 3.63) is 42.1 Å². The smallest absolute Gasteiger partial charge is 0.351 e. The van der Waals surface area contributed by atoms with Crippen molar-refractivity contribution in [2.45, 2.75) is 13.0 Å². The van der Waals surface area contributed by atoms with Gasteiger partial charge >= 0.3 is 5.97 Å². The molecule has 0 saturated carbocycles. The van der Waals surface area contributed by atoms with E-state index < -0.39 is 12.1 Å². The molecule has 1 rings (SSSR count). The third kappa shape index (κ3) is 3.64. The fourth-order valence-corrected chi connectivity index (χ4v) is 1.15. The molecule has 80 valence electrons. The lowest BCUT2D eigenvalue weighted by molar-refractivity contribution is -0.145. The minimum Gasteiger partial charge on any atom is -0.479 e. The van der Waals surface area contributed by atoms with Crippen LogP contribution in [0.4, 0.5) is 0 Å². The Kier molecular flexibility index (Phi) is 4.18. The van der Waals surface area contributed by atoms with E-state index in [0.717, 1.165) is 6.26 Å². The Hall–Kier alpha value is -1.48. The lowest BCUT2D eigenvalue weighted by atomic mass is 10.3. The summed E-state index contributed by atoms with van der Waals surface area (Å²) in [6.45, 7) is 4.87. The lowest BCUT2D eigenvalue weighted by Crippen LogP contribution is -2.24. The molecule has 0 aliphatic heterocycles. The van der Waals surface area contributed by atoms with Gasteiger partial charge in [0.1, 0.15) is 5.75 Å². The van der Waals surface area contributed by atoms with Gasteiger partial charge in [-0.05, 0) is 25.1 Å². The largest absolute Gasteiger partial charge is 0.479 e. The molecule has 0 saturated heterocycles. The zero-order valence-corrected chi connectivity index (χ0v) is 9.03. The lowest BCUT2D eigenvalue weighted by Gasteiger charge is -2.12. The third-order valence-electron chi connectivity index (χ3n) is 1.64. The number of esters is 1. The van der Waals surface area contributed by atoms with Crippen LogP contribution in [-0.4, -0.2) is 12.1 Å². The summed E-state index contributed by atoms with van der Waals surface area (Å²) in [6.07, 6.45) is 0.377. The Morgan fingerprint density at radius 1 is 1.60 bits per heavy atom. The monoisotopic (exact) mass is 226 g/mol. The average Bonchev–Trinajstić information content (AvgIpc) is 2.18. The molecule has 0 aliphatic carbocycles. The molecule has 0 radical (unpaired) electrons. The number of hydrogen-bond donors (Lipinski definition) is 0. The van der Waals surface area contributed by atoms with Crippen LogP contribution in [0, 0.1) is 0 Å². The van der Waals surface area contributed by atoms with E-state index in [2.05, 4.69) is 11.3 Å². The molecule has 0 aliphatic rings. The molecular weight excluding hydrogens is 216 g/mol. The predicted molar refractivity (Wildman–Crippen MR) is 57.8 cm³/mol. The summed E-state index contributed by atoms with van der Waals surface area (Å²) >= 11 is 5.76. The van der Waals surface area contributed by atoms with Crippen LogP contribution >= 0.6 is 11.6 Å². The van der Waals surface area contributed by atoms with Crippen LogP contribution in [-0.2, 0) is 9.53 Å². The second kappa shape index (κ2) is 5.41. The molecule has 0 heterocycles. The first kappa shape index (κ1) is 11.6. The van der Waals surface area contributed by atoms with Crippen LogP contribution in [0.3, 0.4) is 0 Å². The van der Waals surface area contributed by atoms with E-state index in [4.69, 9.17) is 16.3 Å². The van der Waals surface area contributed by atoms with Crippen LogP contribution in [0.1, 0.15) is 6.92 Å². The van der Waals surface area contributed by atoms with Gasteiger partial charge in [0.15, 0.2) is 6.10 Å². The van der Waals surface area contributed by atoms with Gasteiger partial charge in [-0.15, -0.1) is 0 Å². The Labute approximate surface area is 93.3 Å². The van der Waals surface area contributed by atoms with Crippen LogP contribution < -0.4 is 4.74 Å². The number of ether oxygens (including phenoxy) is 2. The number of benzene rings is 1. The van der Waals surface area contributed by atoms with Gasteiger partial charge in [-0.3, -0.25) is 0 Å². The van der Waals surface area contributed by atoms with E-state index in [9.17, 15) is 4.79 Å². The molecule has 1 atom stereocenters. The second-order valence-electron chi connectivity index (χ2n) is 2.82. The first-order valence-corrected chi connectivity index (χ1v) is 4.75. The van der Waals surface area contributed by atoms with Crippen molar-refractivity contribution < 1.29 is 14.3 Å². The zero-order valence-electron chi connectivity index (χ0n) is 8.27. The summed E-state index contributed by atoms with van der Waals surface area (Å²) in [4.78, 5) is 11.2. The van der Waals surface area contributed by atoms with Gasteiger partial charge < -0.3 is 9.47 Å². The molecule has 1 aromatic carbocycles. The van der Waals surface area contributed by atoms with Gasteiger partial charge in [0.2, 0.25) is 0 Å². The molecule has 0 amide bonds. The van der Waals surface area contributed by atoms with Crippen LogP contribution in [0.15, 0.2) is 37.1 Å². The van der Waals surface area contributed by atoms with Crippen molar-refractivity contribution in [2.75, 3.05) is 0 Å². The van der Waals surface area contributed by atoms with E-state index in [1.807, 2.05) is 0 Å². The normalized spacial score (nSPS) is 11.6. The topological polar surface area (TPSA) is 35.5 Å². The molecule has 15 heavy (non-hydrogen) atoms. The molecule has 3 nitrogen and oxygen atoms in total. The van der Waals surface area contributed by atoms with Gasteiger partial charge in [0, 0.05) is 5.02 Å². The second-order valence-corrected chi connectivity index (χ2v) is 3.26. The minimum atomic E-state index is -0.693. The van der Waals surface area contributed by atoms with Crippen molar-refractivity contribution >= 4 is 17.6 Å². The molecule has 0 bridgehead atoms. The Morgan fingerprint density at radius 3 is 2.93 bits per heavy atom. The fraction of sp³-hybridized carbons (Fsp3) is 0.182. The summed E-state index contributed by atoms with van der Waals surface area (Å²) in [5, 5.41) is 0.553. The highest BCUT2D eigenvalue weighted by Gasteiger charge is 2.15. The quantitative estimate of drug-likeness (QED) is 0.585. The van der Waals surface area contributed by atoms with Gasteiger partial charge in [0.25, 0.3) is 0 Å². The Morgan fingerprint density at radius 2 is 2.33 bits per heavy atom. The summed E-state index contributed by atoms with van der Waals surface area (Å²) in [5.74, 6) is 0.0287. The van der Waals surface area contributed by atoms with Crippen molar-refractivity contribution in [3.63, 3.8) is 0 Å². The van der Waals surface area contributed by atoms with Gasteiger partial charge in [-0.2, -0.15) is 0 Å². The molecule has 0 spiro atoms. The Balaban J connectivity index is 2.61.